The summed E-state index contributed by atoms with van der Waals surface area (Å²) in [5, 5.41) is 0. The van der Waals surface area contributed by atoms with Crippen LogP contribution in [0.3, 0.4) is 0 Å². The Hall–Kier alpha value is -2.02. The molecule has 3 rings (SSSR count). The Balaban J connectivity index is 1.76. The van der Waals surface area contributed by atoms with Gasteiger partial charge in [-0.1, -0.05) is 42.5 Å². The summed E-state index contributed by atoms with van der Waals surface area (Å²) in [4.78, 5) is 0. The molecule has 1 fully saturated rings. The minimum Gasteiger partial charge on any atom is -0.496 e. The molecule has 0 atom stereocenters. The Bertz CT molecular complexity index is 731. The standard InChI is InChI=1S/C24H30O/c1-5-6-19-7-9-20(10-8-19)21-11-13-22(14-12-21)23-15-16-24(25-4)18(3)17(23)2/h5-6,11-16,19-20H,7-10H2,1-4H3/b6-5+. The molecule has 132 valence electrons. The maximum absolute atomic E-state index is 5.44. The van der Waals surface area contributed by atoms with Crippen molar-refractivity contribution in [1.82, 2.24) is 0 Å². The first-order valence-electron chi connectivity index (χ1n) is 9.51. The van der Waals surface area contributed by atoms with Crippen LogP contribution in [0.1, 0.15) is 55.2 Å². The molecule has 1 nitrogen and oxygen atoms in total. The van der Waals surface area contributed by atoms with E-state index in [1.807, 2.05) is 0 Å². The predicted molar refractivity (Wildman–Crippen MR) is 107 cm³/mol. The number of ether oxygens (including phenoxy) is 1. The molecule has 0 N–H and O–H groups in total. The van der Waals surface area contributed by atoms with Gasteiger partial charge in [0, 0.05) is 0 Å². The molecular formula is C24H30O. The van der Waals surface area contributed by atoms with Crippen LogP contribution in [0.15, 0.2) is 48.6 Å². The Labute approximate surface area is 152 Å². The molecule has 2 aromatic rings. The topological polar surface area (TPSA) is 9.23 Å². The number of benzene rings is 2. The maximum atomic E-state index is 5.44. The fraction of sp³-hybridized carbons (Fsp3) is 0.417. The first-order chi connectivity index (χ1) is 12.1. The molecule has 0 bridgehead atoms. The molecule has 0 saturated heterocycles. The molecule has 0 aliphatic heterocycles. The molecule has 0 radical (unpaired) electrons. The lowest BCUT2D eigenvalue weighted by Crippen LogP contribution is -2.11. The fourth-order valence-electron chi connectivity index (χ4n) is 4.18. The lowest BCUT2D eigenvalue weighted by Gasteiger charge is -2.27. The van der Waals surface area contributed by atoms with Gasteiger partial charge in [0.05, 0.1) is 7.11 Å². The molecular weight excluding hydrogens is 304 g/mol. The highest BCUT2D eigenvalue weighted by Gasteiger charge is 2.20. The fourth-order valence-corrected chi connectivity index (χ4v) is 4.18. The van der Waals surface area contributed by atoms with Gasteiger partial charge in [0.1, 0.15) is 5.75 Å². The molecule has 1 aliphatic carbocycles. The summed E-state index contributed by atoms with van der Waals surface area (Å²) in [5.41, 5.74) is 6.65. The first kappa shape index (κ1) is 17.8. The normalized spacial score (nSPS) is 20.8. The van der Waals surface area contributed by atoms with E-state index in [0.717, 1.165) is 17.6 Å². The average molecular weight is 335 g/mol. The van der Waals surface area contributed by atoms with Crippen molar-refractivity contribution < 1.29 is 4.74 Å². The first-order valence-corrected chi connectivity index (χ1v) is 9.51. The zero-order chi connectivity index (χ0) is 17.8. The van der Waals surface area contributed by atoms with Crippen molar-refractivity contribution in [1.29, 1.82) is 0 Å². The molecule has 1 aliphatic rings. The molecule has 25 heavy (non-hydrogen) atoms. The maximum Gasteiger partial charge on any atom is 0.122 e. The highest BCUT2D eigenvalue weighted by Crippen LogP contribution is 2.37. The molecule has 0 aromatic heterocycles. The van der Waals surface area contributed by atoms with Crippen LogP contribution >= 0.6 is 0 Å². The highest BCUT2D eigenvalue weighted by atomic mass is 16.5. The van der Waals surface area contributed by atoms with Gasteiger partial charge in [-0.2, -0.15) is 0 Å². The SMILES string of the molecule is C/C=C/C1CCC(c2ccc(-c3ccc(OC)c(C)c3C)cc2)CC1. The molecule has 2 aromatic carbocycles. The van der Waals surface area contributed by atoms with Crippen molar-refractivity contribution in [3.05, 3.63) is 65.2 Å². The van der Waals surface area contributed by atoms with E-state index in [0.29, 0.717) is 0 Å². The molecule has 0 heterocycles. The second-order valence-corrected chi connectivity index (χ2v) is 7.32. The summed E-state index contributed by atoms with van der Waals surface area (Å²) >= 11 is 0. The quantitative estimate of drug-likeness (QED) is 0.557. The van der Waals surface area contributed by atoms with Gasteiger partial charge in [-0.15, -0.1) is 0 Å². The highest BCUT2D eigenvalue weighted by molar-refractivity contribution is 5.70. The van der Waals surface area contributed by atoms with E-state index >= 15 is 0 Å². The summed E-state index contributed by atoms with van der Waals surface area (Å²) in [5.74, 6) is 2.50. The molecule has 0 amide bonds. The molecule has 1 saturated carbocycles. The van der Waals surface area contributed by atoms with Gasteiger partial charge >= 0.3 is 0 Å². The van der Waals surface area contributed by atoms with E-state index in [4.69, 9.17) is 4.74 Å². The third-order valence-corrected chi connectivity index (χ3v) is 5.89. The van der Waals surface area contributed by atoms with Crippen molar-refractivity contribution in [3.8, 4) is 16.9 Å². The van der Waals surface area contributed by atoms with Crippen LogP contribution in [-0.4, -0.2) is 7.11 Å². The van der Waals surface area contributed by atoms with Crippen molar-refractivity contribution in [2.45, 2.75) is 52.4 Å². The Kier molecular flexibility index (Phi) is 5.63. The zero-order valence-electron chi connectivity index (χ0n) is 16.0. The van der Waals surface area contributed by atoms with Gasteiger partial charge in [0.15, 0.2) is 0 Å². The third-order valence-electron chi connectivity index (χ3n) is 5.89. The van der Waals surface area contributed by atoms with E-state index in [-0.39, 0.29) is 0 Å². The molecule has 0 spiro atoms. The summed E-state index contributed by atoms with van der Waals surface area (Å²) in [6, 6.07) is 13.5. The number of rotatable bonds is 4. The largest absolute Gasteiger partial charge is 0.496 e. The monoisotopic (exact) mass is 334 g/mol. The smallest absolute Gasteiger partial charge is 0.122 e. The lowest BCUT2D eigenvalue weighted by atomic mass is 9.78. The van der Waals surface area contributed by atoms with Crippen molar-refractivity contribution in [2.75, 3.05) is 7.11 Å². The van der Waals surface area contributed by atoms with E-state index in [1.54, 1.807) is 7.11 Å². The van der Waals surface area contributed by atoms with Crippen LogP contribution in [0, 0.1) is 19.8 Å². The minimum atomic E-state index is 0.731. The van der Waals surface area contributed by atoms with E-state index < -0.39 is 0 Å². The van der Waals surface area contributed by atoms with Gasteiger partial charge in [0.25, 0.3) is 0 Å². The van der Waals surface area contributed by atoms with Gasteiger partial charge < -0.3 is 4.74 Å². The van der Waals surface area contributed by atoms with Crippen LogP contribution in [0.25, 0.3) is 11.1 Å². The second-order valence-electron chi connectivity index (χ2n) is 7.32. The van der Waals surface area contributed by atoms with Crippen LogP contribution in [0.2, 0.25) is 0 Å². The van der Waals surface area contributed by atoms with E-state index in [9.17, 15) is 0 Å². The van der Waals surface area contributed by atoms with Crippen LogP contribution < -0.4 is 4.74 Å². The lowest BCUT2D eigenvalue weighted by molar-refractivity contribution is 0.376. The van der Waals surface area contributed by atoms with Crippen LogP contribution in [0.4, 0.5) is 0 Å². The molecule has 1 heteroatoms. The summed E-state index contributed by atoms with van der Waals surface area (Å²) in [6.07, 6.45) is 9.87. The average Bonchev–Trinajstić information content (AvgIpc) is 2.65. The summed E-state index contributed by atoms with van der Waals surface area (Å²) in [7, 11) is 1.74. The van der Waals surface area contributed by atoms with Crippen molar-refractivity contribution >= 4 is 0 Å². The minimum absolute atomic E-state index is 0.731. The number of allylic oxidation sites excluding steroid dienone is 2. The molecule has 0 unspecified atom stereocenters. The number of hydrogen-bond acceptors (Lipinski definition) is 1. The third kappa shape index (κ3) is 3.81. The second kappa shape index (κ2) is 7.91. The van der Waals surface area contributed by atoms with Crippen LogP contribution in [0.5, 0.6) is 5.75 Å². The number of hydrogen-bond donors (Lipinski definition) is 0. The van der Waals surface area contributed by atoms with Gasteiger partial charge in [-0.05, 0) is 92.2 Å². The Morgan fingerprint density at radius 2 is 1.56 bits per heavy atom. The number of methoxy groups -OCH3 is 1. The van der Waals surface area contributed by atoms with Gasteiger partial charge in [0.2, 0.25) is 0 Å². The van der Waals surface area contributed by atoms with Crippen LogP contribution in [-0.2, 0) is 0 Å². The van der Waals surface area contributed by atoms with Gasteiger partial charge in [-0.25, -0.2) is 0 Å². The summed E-state index contributed by atoms with van der Waals surface area (Å²) < 4.78 is 5.44. The van der Waals surface area contributed by atoms with Gasteiger partial charge in [-0.3, -0.25) is 0 Å². The zero-order valence-corrected chi connectivity index (χ0v) is 16.0. The van der Waals surface area contributed by atoms with Crippen molar-refractivity contribution in [3.63, 3.8) is 0 Å². The predicted octanol–water partition coefficient (Wildman–Crippen LogP) is 6.83. The van der Waals surface area contributed by atoms with Crippen molar-refractivity contribution in [2.24, 2.45) is 5.92 Å². The van der Waals surface area contributed by atoms with E-state index in [1.165, 1.54) is 53.5 Å². The Morgan fingerprint density at radius 1 is 0.880 bits per heavy atom. The summed E-state index contributed by atoms with van der Waals surface area (Å²) in [6.45, 7) is 6.45. The Morgan fingerprint density at radius 3 is 2.16 bits per heavy atom. The van der Waals surface area contributed by atoms with E-state index in [2.05, 4.69) is 69.3 Å².